The van der Waals surface area contributed by atoms with Gasteiger partial charge in [-0.15, -0.1) is 0 Å². The molecule has 1 spiro atoms. The van der Waals surface area contributed by atoms with Crippen LogP contribution in [0.5, 0.6) is 5.75 Å². The first-order valence-corrected chi connectivity index (χ1v) is 14.4. The van der Waals surface area contributed by atoms with Gasteiger partial charge in [0.15, 0.2) is 0 Å². The summed E-state index contributed by atoms with van der Waals surface area (Å²) in [7, 11) is 0. The summed E-state index contributed by atoms with van der Waals surface area (Å²) in [5.41, 5.74) is 4.32. The molecule has 0 saturated heterocycles. The summed E-state index contributed by atoms with van der Waals surface area (Å²) in [4.78, 5) is 17.0. The molecule has 3 aliphatic rings. The van der Waals surface area contributed by atoms with E-state index in [1.807, 2.05) is 18.2 Å². The van der Waals surface area contributed by atoms with Crippen LogP contribution in [-0.4, -0.2) is 33.3 Å². The molecule has 1 fully saturated rings. The molecule has 6 nitrogen and oxygen atoms in total. The second-order valence-corrected chi connectivity index (χ2v) is 11.9. The first-order chi connectivity index (χ1) is 18.9. The summed E-state index contributed by atoms with van der Waals surface area (Å²) in [5, 5.41) is 24.4. The number of nitrogens with zero attached hydrogens (tertiary/aromatic N) is 1. The van der Waals surface area contributed by atoms with Crippen LogP contribution in [0, 0.1) is 5.92 Å². The summed E-state index contributed by atoms with van der Waals surface area (Å²) >= 11 is 6.18. The van der Waals surface area contributed by atoms with Crippen molar-refractivity contribution in [3.63, 3.8) is 0 Å². The van der Waals surface area contributed by atoms with E-state index in [2.05, 4.69) is 34.6 Å². The summed E-state index contributed by atoms with van der Waals surface area (Å²) < 4.78 is 6.20. The van der Waals surface area contributed by atoms with Gasteiger partial charge in [-0.05, 0) is 105 Å². The Morgan fingerprint density at radius 3 is 2.72 bits per heavy atom. The van der Waals surface area contributed by atoms with Crippen molar-refractivity contribution in [2.75, 3.05) is 11.9 Å². The molecule has 0 aliphatic heterocycles. The Balaban J connectivity index is 1.16. The van der Waals surface area contributed by atoms with E-state index in [9.17, 15) is 15.0 Å². The number of halogens is 1. The number of aliphatic hydroxyl groups excluding tert-OH is 1. The van der Waals surface area contributed by atoms with E-state index in [-0.39, 0.29) is 5.41 Å². The molecule has 1 aromatic heterocycles. The maximum absolute atomic E-state index is 12.6. The number of ether oxygens (including phenoxy) is 1. The predicted molar refractivity (Wildman–Crippen MR) is 151 cm³/mol. The molecular weight excluding hydrogens is 512 g/mol. The Labute approximate surface area is 234 Å². The van der Waals surface area contributed by atoms with Crippen LogP contribution < -0.4 is 10.1 Å². The van der Waals surface area contributed by atoms with Gasteiger partial charge in [0, 0.05) is 22.5 Å². The number of carboxylic acids is 1. The van der Waals surface area contributed by atoms with Crippen LogP contribution in [-0.2, 0) is 23.1 Å². The number of anilines is 1. The molecule has 3 aromatic rings. The minimum absolute atomic E-state index is 0.0203. The lowest BCUT2D eigenvalue weighted by Gasteiger charge is -2.47. The van der Waals surface area contributed by atoms with Crippen molar-refractivity contribution in [3.05, 3.63) is 88.2 Å². The van der Waals surface area contributed by atoms with E-state index in [1.54, 1.807) is 18.3 Å². The third-order valence-corrected chi connectivity index (χ3v) is 9.63. The molecule has 2 atom stereocenters. The van der Waals surface area contributed by atoms with Crippen molar-refractivity contribution < 1.29 is 19.7 Å². The number of pyridine rings is 1. The molecule has 1 saturated carbocycles. The second-order valence-electron chi connectivity index (χ2n) is 11.5. The maximum atomic E-state index is 12.6. The molecule has 3 N–H and O–H groups in total. The van der Waals surface area contributed by atoms with Gasteiger partial charge < -0.3 is 20.3 Å². The number of hydrogen-bond donors (Lipinski definition) is 3. The number of rotatable bonds is 8. The fourth-order valence-electron chi connectivity index (χ4n) is 7.37. The molecule has 2 aromatic carbocycles. The van der Waals surface area contributed by atoms with Gasteiger partial charge in [-0.2, -0.15) is 0 Å². The minimum atomic E-state index is -1.01. The number of fused-ring (bicyclic) bond motifs is 3. The fraction of sp³-hybridized carbons (Fsp3) is 0.438. The van der Waals surface area contributed by atoms with Crippen LogP contribution in [0.1, 0.15) is 73.4 Å². The van der Waals surface area contributed by atoms with Gasteiger partial charge in [-0.25, -0.2) is 4.79 Å². The monoisotopic (exact) mass is 546 g/mol. The van der Waals surface area contributed by atoms with Crippen LogP contribution in [0.15, 0.2) is 60.8 Å². The molecule has 0 amide bonds. The summed E-state index contributed by atoms with van der Waals surface area (Å²) in [6.07, 6.45) is 8.47. The Kier molecular flexibility index (Phi) is 7.02. The normalized spacial score (nSPS) is 27.2. The molecular formula is C32H35ClN2O4. The highest BCUT2D eigenvalue weighted by molar-refractivity contribution is 6.30. The summed E-state index contributed by atoms with van der Waals surface area (Å²) in [5.74, 6) is 0.488. The molecule has 39 heavy (non-hydrogen) atoms. The van der Waals surface area contributed by atoms with Gasteiger partial charge in [0.05, 0.1) is 18.4 Å². The zero-order valence-corrected chi connectivity index (χ0v) is 22.8. The Hall–Kier alpha value is -3.09. The second kappa shape index (κ2) is 10.5. The first kappa shape index (κ1) is 26.1. The van der Waals surface area contributed by atoms with Gasteiger partial charge >= 0.3 is 5.97 Å². The van der Waals surface area contributed by atoms with E-state index >= 15 is 0 Å². The highest BCUT2D eigenvalue weighted by Crippen LogP contribution is 2.55. The van der Waals surface area contributed by atoms with Crippen molar-refractivity contribution in [1.29, 1.82) is 0 Å². The lowest BCUT2D eigenvalue weighted by Crippen LogP contribution is -2.53. The number of benzene rings is 2. The van der Waals surface area contributed by atoms with Crippen LogP contribution >= 0.6 is 11.6 Å². The average Bonchev–Trinajstić information content (AvgIpc) is 3.46. The summed E-state index contributed by atoms with van der Waals surface area (Å²) in [6.45, 7) is 0.616. The standard InChI is InChI=1S/C32H35ClN2O4/c33-23-7-3-8-24(20-23)35-32(30(37)38)15-13-31(14-16-32)22(19-21-5-1-2-9-26(21)31)6-4-18-39-28-12-17-34-29-25(28)10-11-27(29)36/h1-3,5,7-9,12,17,20,22,27,35-36H,4,6,10-11,13-16,18-19H2,(H,37,38). The average molecular weight is 547 g/mol. The van der Waals surface area contributed by atoms with E-state index in [4.69, 9.17) is 16.3 Å². The number of hydrogen-bond acceptors (Lipinski definition) is 5. The lowest BCUT2D eigenvalue weighted by molar-refractivity contribution is -0.144. The molecule has 0 radical (unpaired) electrons. The maximum Gasteiger partial charge on any atom is 0.329 e. The van der Waals surface area contributed by atoms with Gasteiger partial charge in [0.2, 0.25) is 0 Å². The first-order valence-electron chi connectivity index (χ1n) is 14.0. The molecule has 3 aliphatic carbocycles. The molecule has 7 heteroatoms. The minimum Gasteiger partial charge on any atom is -0.493 e. The van der Waals surface area contributed by atoms with Gasteiger partial charge in [0.1, 0.15) is 11.3 Å². The van der Waals surface area contributed by atoms with Gasteiger partial charge in [-0.1, -0.05) is 41.9 Å². The molecule has 0 bridgehead atoms. The SMILES string of the molecule is O=C(O)C1(Nc2cccc(Cl)c2)CCC2(CC1)c1ccccc1CC2CCCOc1ccnc2c1CCC2O. The van der Waals surface area contributed by atoms with E-state index < -0.39 is 17.6 Å². The van der Waals surface area contributed by atoms with Crippen molar-refractivity contribution in [2.45, 2.75) is 74.8 Å². The number of aromatic nitrogens is 1. The van der Waals surface area contributed by atoms with Crippen LogP contribution in [0.4, 0.5) is 5.69 Å². The van der Waals surface area contributed by atoms with Crippen molar-refractivity contribution >= 4 is 23.3 Å². The van der Waals surface area contributed by atoms with Crippen LogP contribution in [0.25, 0.3) is 0 Å². The van der Waals surface area contributed by atoms with Crippen LogP contribution in [0.3, 0.4) is 0 Å². The molecule has 204 valence electrons. The van der Waals surface area contributed by atoms with Crippen molar-refractivity contribution in [2.24, 2.45) is 5.92 Å². The number of nitrogens with one attached hydrogen (secondary N) is 1. The predicted octanol–water partition coefficient (Wildman–Crippen LogP) is 6.49. The topological polar surface area (TPSA) is 91.7 Å². The van der Waals surface area contributed by atoms with Gasteiger partial charge in [-0.3, -0.25) is 4.98 Å². The smallest absolute Gasteiger partial charge is 0.329 e. The largest absolute Gasteiger partial charge is 0.493 e. The highest BCUT2D eigenvalue weighted by atomic mass is 35.5. The number of carboxylic acid groups (broad SMARTS) is 1. The molecule has 2 unspecified atom stereocenters. The molecule has 1 heterocycles. The number of carbonyl (C=O) groups is 1. The zero-order chi connectivity index (χ0) is 27.0. The quantitative estimate of drug-likeness (QED) is 0.280. The Bertz CT molecular complexity index is 1370. The van der Waals surface area contributed by atoms with E-state index in [1.165, 1.54) is 11.1 Å². The third kappa shape index (κ3) is 4.78. The van der Waals surface area contributed by atoms with Gasteiger partial charge in [0.25, 0.3) is 0 Å². The summed E-state index contributed by atoms with van der Waals surface area (Å²) in [6, 6.07) is 18.0. The lowest BCUT2D eigenvalue weighted by atomic mass is 9.60. The highest BCUT2D eigenvalue weighted by Gasteiger charge is 2.53. The van der Waals surface area contributed by atoms with Crippen molar-refractivity contribution in [3.8, 4) is 5.75 Å². The Morgan fingerprint density at radius 2 is 1.92 bits per heavy atom. The fourth-order valence-corrected chi connectivity index (χ4v) is 7.56. The van der Waals surface area contributed by atoms with Crippen LogP contribution in [0.2, 0.25) is 5.02 Å². The van der Waals surface area contributed by atoms with E-state index in [0.717, 1.165) is 61.2 Å². The van der Waals surface area contributed by atoms with Crippen molar-refractivity contribution in [1.82, 2.24) is 4.98 Å². The third-order valence-electron chi connectivity index (χ3n) is 9.40. The number of aliphatic hydroxyl groups is 1. The van der Waals surface area contributed by atoms with E-state index in [0.29, 0.717) is 36.8 Å². The Morgan fingerprint density at radius 1 is 1.10 bits per heavy atom. The number of aliphatic carboxylic acids is 1. The molecule has 6 rings (SSSR count). The zero-order valence-electron chi connectivity index (χ0n) is 22.0.